The van der Waals surface area contributed by atoms with Gasteiger partial charge in [0.05, 0.1) is 18.9 Å². The minimum Gasteiger partial charge on any atom is -0.469 e. The molecule has 6 nitrogen and oxygen atoms in total. The number of fused-ring (bicyclic) bond motifs is 3. The molecule has 37 heavy (non-hydrogen) atoms. The molecule has 4 aliphatic carbocycles. The minimum absolute atomic E-state index is 0.00829. The zero-order chi connectivity index (χ0) is 26.8. The number of carbonyl (C=O) groups is 3. The number of ether oxygens (including phenoxy) is 3. The Morgan fingerprint density at radius 1 is 0.865 bits per heavy atom. The Morgan fingerprint density at radius 2 is 1.49 bits per heavy atom. The molecule has 2 spiro atoms. The number of esters is 2. The summed E-state index contributed by atoms with van der Waals surface area (Å²) in [4.78, 5) is 42.0. The van der Waals surface area contributed by atoms with Crippen LogP contribution in [0.25, 0.3) is 0 Å². The second kappa shape index (κ2) is 7.61. The van der Waals surface area contributed by atoms with E-state index in [2.05, 4.69) is 41.5 Å². The first-order valence-electron chi connectivity index (χ1n) is 14.7. The molecule has 2 aliphatic heterocycles. The van der Waals surface area contributed by atoms with Crippen LogP contribution < -0.4 is 0 Å². The van der Waals surface area contributed by atoms with Crippen molar-refractivity contribution in [3.05, 3.63) is 0 Å². The molecule has 6 fully saturated rings. The third kappa shape index (κ3) is 3.11. The van der Waals surface area contributed by atoms with Crippen LogP contribution in [0.4, 0.5) is 0 Å². The van der Waals surface area contributed by atoms with Gasteiger partial charge in [-0.15, -0.1) is 0 Å². The van der Waals surface area contributed by atoms with E-state index in [-0.39, 0.29) is 57.1 Å². The molecule has 2 heterocycles. The highest BCUT2D eigenvalue weighted by molar-refractivity contribution is 5.96. The predicted molar refractivity (Wildman–Crippen MR) is 137 cm³/mol. The normalized spacial score (nSPS) is 51.5. The maximum Gasteiger partial charge on any atom is 0.315 e. The fourth-order valence-electron chi connectivity index (χ4n) is 11.3. The summed E-state index contributed by atoms with van der Waals surface area (Å²) in [5.74, 6) is -2.72. The Balaban J connectivity index is 1.47. The van der Waals surface area contributed by atoms with Gasteiger partial charge in [-0.1, -0.05) is 54.4 Å². The molecule has 0 N–H and O–H groups in total. The highest BCUT2D eigenvalue weighted by atomic mass is 16.7. The molecule has 9 atom stereocenters. The second-order valence-corrected chi connectivity index (χ2v) is 15.4. The van der Waals surface area contributed by atoms with Gasteiger partial charge in [-0.2, -0.15) is 0 Å². The van der Waals surface area contributed by atoms with Crippen LogP contribution in [0.15, 0.2) is 0 Å². The van der Waals surface area contributed by atoms with Crippen molar-refractivity contribution >= 4 is 17.7 Å². The van der Waals surface area contributed by atoms with Crippen molar-refractivity contribution in [2.45, 2.75) is 117 Å². The predicted octanol–water partition coefficient (Wildman–Crippen LogP) is 5.85. The van der Waals surface area contributed by atoms with Crippen molar-refractivity contribution in [1.29, 1.82) is 0 Å². The number of methoxy groups -OCH3 is 1. The quantitative estimate of drug-likeness (QED) is 0.408. The van der Waals surface area contributed by atoms with Gasteiger partial charge >= 0.3 is 11.9 Å². The third-order valence-corrected chi connectivity index (χ3v) is 12.9. The molecule has 9 unspecified atom stereocenters. The summed E-state index contributed by atoms with van der Waals surface area (Å²) < 4.78 is 19.0. The number of hydrogen-bond acceptors (Lipinski definition) is 6. The van der Waals surface area contributed by atoms with E-state index in [0.29, 0.717) is 25.7 Å². The Hall–Kier alpha value is -1.43. The maximum absolute atomic E-state index is 14.3. The van der Waals surface area contributed by atoms with Crippen LogP contribution in [0, 0.1) is 51.2 Å². The number of Topliss-reactive ketones (excluding diaryl/α,β-unsaturated/α-hetero) is 1. The molecule has 0 aromatic heterocycles. The Labute approximate surface area is 221 Å². The number of ketones is 1. The molecule has 0 aromatic rings. The van der Waals surface area contributed by atoms with Gasteiger partial charge in [0.2, 0.25) is 5.79 Å². The lowest BCUT2D eigenvalue weighted by Gasteiger charge is -2.70. The van der Waals surface area contributed by atoms with E-state index >= 15 is 0 Å². The molecule has 0 aromatic carbocycles. The van der Waals surface area contributed by atoms with E-state index in [1.54, 1.807) is 0 Å². The van der Waals surface area contributed by atoms with Crippen LogP contribution in [0.1, 0.15) is 106 Å². The van der Waals surface area contributed by atoms with E-state index in [9.17, 15) is 14.4 Å². The molecule has 6 heteroatoms. The van der Waals surface area contributed by atoms with Crippen LogP contribution in [-0.2, 0) is 28.6 Å². The topological polar surface area (TPSA) is 78.9 Å². The van der Waals surface area contributed by atoms with Gasteiger partial charge in [-0.25, -0.2) is 0 Å². The zero-order valence-corrected chi connectivity index (χ0v) is 23.9. The van der Waals surface area contributed by atoms with E-state index in [0.717, 1.165) is 38.5 Å². The number of rotatable bonds is 1. The first kappa shape index (κ1) is 25.8. The van der Waals surface area contributed by atoms with Crippen molar-refractivity contribution in [1.82, 2.24) is 0 Å². The zero-order valence-electron chi connectivity index (χ0n) is 23.9. The highest BCUT2D eigenvalue weighted by Crippen LogP contribution is 2.71. The van der Waals surface area contributed by atoms with Crippen molar-refractivity contribution < 1.29 is 28.6 Å². The smallest absolute Gasteiger partial charge is 0.315 e. The van der Waals surface area contributed by atoms with Crippen LogP contribution in [0.3, 0.4) is 0 Å². The standard InChI is InChI=1S/C31H46O6/c1-26(2)11-9-14-29(6)19(26)16-21(32)30-15-10-18-22(24(33)35-7)28(5)13-8-12-27(3,4)20(28)17-31(18,37-30)36-25(34)23(29)30/h18-20,22-23H,8-17H2,1-7H3. The summed E-state index contributed by atoms with van der Waals surface area (Å²) >= 11 is 0. The van der Waals surface area contributed by atoms with Crippen LogP contribution >= 0.6 is 0 Å². The Morgan fingerprint density at radius 3 is 2.14 bits per heavy atom. The van der Waals surface area contributed by atoms with Gasteiger partial charge in [-0.05, 0) is 72.0 Å². The largest absolute Gasteiger partial charge is 0.469 e. The van der Waals surface area contributed by atoms with Crippen molar-refractivity contribution in [2.24, 2.45) is 51.2 Å². The molecule has 6 aliphatic rings. The van der Waals surface area contributed by atoms with E-state index in [1.165, 1.54) is 7.11 Å². The average Bonchev–Trinajstić information content (AvgIpc) is 2.79. The average molecular weight is 515 g/mol. The third-order valence-electron chi connectivity index (χ3n) is 12.9. The van der Waals surface area contributed by atoms with E-state index in [4.69, 9.17) is 14.2 Å². The monoisotopic (exact) mass is 514 g/mol. The first-order valence-corrected chi connectivity index (χ1v) is 14.7. The van der Waals surface area contributed by atoms with Crippen LogP contribution in [0.2, 0.25) is 0 Å². The summed E-state index contributed by atoms with van der Waals surface area (Å²) in [5, 5.41) is 0. The van der Waals surface area contributed by atoms with Crippen molar-refractivity contribution in [3.63, 3.8) is 0 Å². The molecule has 0 amide bonds. The lowest BCUT2D eigenvalue weighted by atomic mass is 9.41. The van der Waals surface area contributed by atoms with E-state index in [1.807, 2.05) is 0 Å². The van der Waals surface area contributed by atoms with E-state index < -0.39 is 23.2 Å². The van der Waals surface area contributed by atoms with Gasteiger partial charge in [0.25, 0.3) is 0 Å². The van der Waals surface area contributed by atoms with Crippen LogP contribution in [0.5, 0.6) is 0 Å². The molecule has 2 bridgehead atoms. The Kier molecular flexibility index (Phi) is 5.31. The fraction of sp³-hybridized carbons (Fsp3) is 0.903. The highest BCUT2D eigenvalue weighted by Gasteiger charge is 2.77. The minimum atomic E-state index is -1.24. The SMILES string of the molecule is COC(=O)C1C2CCC34OC2(CC2C(C)(C)CCCC12C)OC(=O)C3C1(C)CCCC(C)(C)C1CC4=O. The summed E-state index contributed by atoms with van der Waals surface area (Å²) in [6, 6.07) is 0. The van der Waals surface area contributed by atoms with Gasteiger partial charge in [-0.3, -0.25) is 14.4 Å². The summed E-state index contributed by atoms with van der Waals surface area (Å²) in [6.45, 7) is 13.5. The molecular formula is C31H46O6. The lowest BCUT2D eigenvalue weighted by Crippen LogP contribution is -2.77. The van der Waals surface area contributed by atoms with Gasteiger partial charge in [0, 0.05) is 18.8 Å². The number of carbonyl (C=O) groups excluding carboxylic acids is 3. The molecule has 2 saturated heterocycles. The molecule has 206 valence electrons. The molecule has 4 saturated carbocycles. The maximum atomic E-state index is 14.3. The summed E-state index contributed by atoms with van der Waals surface area (Å²) in [6.07, 6.45) is 8.22. The van der Waals surface area contributed by atoms with Crippen molar-refractivity contribution in [2.75, 3.05) is 7.11 Å². The summed E-state index contributed by atoms with van der Waals surface area (Å²) in [7, 11) is 1.46. The summed E-state index contributed by atoms with van der Waals surface area (Å²) in [5.41, 5.74) is -1.79. The van der Waals surface area contributed by atoms with Crippen molar-refractivity contribution in [3.8, 4) is 0 Å². The lowest BCUT2D eigenvalue weighted by molar-refractivity contribution is -0.397. The molecular weight excluding hydrogens is 468 g/mol. The van der Waals surface area contributed by atoms with Gasteiger partial charge in [0.15, 0.2) is 5.78 Å². The van der Waals surface area contributed by atoms with Gasteiger partial charge in [0.1, 0.15) is 5.60 Å². The Bertz CT molecular complexity index is 1050. The second-order valence-electron chi connectivity index (χ2n) is 15.4. The van der Waals surface area contributed by atoms with Gasteiger partial charge < -0.3 is 14.2 Å². The molecule has 0 radical (unpaired) electrons. The molecule has 6 rings (SSSR count). The first-order chi connectivity index (χ1) is 17.2. The fourth-order valence-corrected chi connectivity index (χ4v) is 11.3. The van der Waals surface area contributed by atoms with Crippen LogP contribution in [-0.4, -0.2) is 36.2 Å². The number of hydrogen-bond donors (Lipinski definition) is 0.